The maximum absolute atomic E-state index is 12.1. The van der Waals surface area contributed by atoms with Crippen LogP contribution in [-0.4, -0.2) is 11.8 Å². The zero-order chi connectivity index (χ0) is 16.4. The second-order valence-corrected chi connectivity index (χ2v) is 7.84. The maximum atomic E-state index is 12.1. The Morgan fingerprint density at radius 3 is 2.96 bits per heavy atom. The van der Waals surface area contributed by atoms with E-state index in [1.165, 1.54) is 22.3 Å². The van der Waals surface area contributed by atoms with Gasteiger partial charge in [-0.1, -0.05) is 13.0 Å². The molecule has 3 rings (SSSR count). The molecule has 1 aliphatic carbocycles. The first kappa shape index (κ1) is 16.0. The minimum atomic E-state index is -0.463. The van der Waals surface area contributed by atoms with Crippen molar-refractivity contribution in [2.24, 2.45) is 11.7 Å². The van der Waals surface area contributed by atoms with Crippen molar-refractivity contribution >= 4 is 45.6 Å². The van der Waals surface area contributed by atoms with Crippen molar-refractivity contribution in [1.82, 2.24) is 0 Å². The van der Waals surface area contributed by atoms with Crippen LogP contribution in [0.3, 0.4) is 0 Å². The molecule has 2 aromatic heterocycles. The second-order valence-electron chi connectivity index (χ2n) is 5.76. The van der Waals surface area contributed by atoms with Crippen LogP contribution in [0.2, 0.25) is 0 Å². The molecule has 6 heteroatoms. The Morgan fingerprint density at radius 2 is 2.26 bits per heavy atom. The van der Waals surface area contributed by atoms with Crippen molar-refractivity contribution in [3.63, 3.8) is 0 Å². The van der Waals surface area contributed by atoms with Crippen molar-refractivity contribution in [1.29, 1.82) is 0 Å². The summed E-state index contributed by atoms with van der Waals surface area (Å²) < 4.78 is 0. The quantitative estimate of drug-likeness (QED) is 0.829. The van der Waals surface area contributed by atoms with Crippen LogP contribution >= 0.6 is 22.7 Å². The molecule has 0 spiro atoms. The highest BCUT2D eigenvalue weighted by Gasteiger charge is 2.26. The first-order valence-corrected chi connectivity index (χ1v) is 9.21. The molecule has 0 saturated heterocycles. The number of nitrogens with one attached hydrogen (secondary N) is 1. The Bertz CT molecular complexity index is 760. The van der Waals surface area contributed by atoms with Crippen LogP contribution in [0.15, 0.2) is 23.6 Å². The average Bonchev–Trinajstić information content (AvgIpc) is 3.11. The first-order chi connectivity index (χ1) is 11.0. The number of fused-ring (bicyclic) bond motifs is 1. The molecule has 0 fully saturated rings. The fourth-order valence-corrected chi connectivity index (χ4v) is 4.83. The van der Waals surface area contributed by atoms with E-state index in [9.17, 15) is 9.59 Å². The monoisotopic (exact) mass is 346 g/mol. The van der Waals surface area contributed by atoms with Crippen molar-refractivity contribution in [3.05, 3.63) is 44.5 Å². The van der Waals surface area contributed by atoms with Crippen LogP contribution in [0, 0.1) is 5.92 Å². The zero-order valence-corrected chi connectivity index (χ0v) is 14.4. The van der Waals surface area contributed by atoms with Crippen LogP contribution in [0.1, 0.15) is 39.0 Å². The summed E-state index contributed by atoms with van der Waals surface area (Å²) in [4.78, 5) is 26.1. The Balaban J connectivity index is 1.82. The summed E-state index contributed by atoms with van der Waals surface area (Å²) in [6.45, 7) is 2.20. The molecule has 2 aromatic rings. The van der Waals surface area contributed by atoms with Gasteiger partial charge >= 0.3 is 0 Å². The predicted octanol–water partition coefficient (Wildman–Crippen LogP) is 3.69. The molecule has 1 atom stereocenters. The van der Waals surface area contributed by atoms with E-state index in [4.69, 9.17) is 5.73 Å². The van der Waals surface area contributed by atoms with E-state index in [0.29, 0.717) is 16.5 Å². The van der Waals surface area contributed by atoms with Crippen molar-refractivity contribution in [3.8, 4) is 0 Å². The molecule has 0 aromatic carbocycles. The molecule has 0 aliphatic heterocycles. The Morgan fingerprint density at radius 1 is 1.43 bits per heavy atom. The van der Waals surface area contributed by atoms with E-state index in [-0.39, 0.29) is 5.91 Å². The molecule has 3 N–H and O–H groups in total. The number of anilines is 1. The van der Waals surface area contributed by atoms with Gasteiger partial charge < -0.3 is 11.1 Å². The highest BCUT2D eigenvalue weighted by Crippen LogP contribution is 2.39. The Hall–Kier alpha value is -1.92. The number of carbonyl (C=O) groups excluding carboxylic acids is 2. The number of amides is 2. The van der Waals surface area contributed by atoms with E-state index in [1.807, 2.05) is 17.5 Å². The lowest BCUT2D eigenvalue weighted by atomic mass is 9.88. The topological polar surface area (TPSA) is 72.2 Å². The molecule has 0 saturated carbocycles. The summed E-state index contributed by atoms with van der Waals surface area (Å²) in [5, 5.41) is 5.36. The average molecular weight is 346 g/mol. The van der Waals surface area contributed by atoms with Crippen LogP contribution in [0.25, 0.3) is 6.08 Å². The van der Waals surface area contributed by atoms with Crippen molar-refractivity contribution in [2.75, 3.05) is 5.32 Å². The van der Waals surface area contributed by atoms with Crippen LogP contribution in [0.5, 0.6) is 0 Å². The summed E-state index contributed by atoms with van der Waals surface area (Å²) in [5.74, 6) is -0.105. The molecule has 2 amide bonds. The van der Waals surface area contributed by atoms with E-state index in [2.05, 4.69) is 12.2 Å². The molecule has 4 nitrogen and oxygen atoms in total. The van der Waals surface area contributed by atoms with Gasteiger partial charge in [0.15, 0.2) is 0 Å². The van der Waals surface area contributed by atoms with E-state index in [1.54, 1.807) is 17.4 Å². The van der Waals surface area contributed by atoms with Gasteiger partial charge in [0.25, 0.3) is 5.91 Å². The van der Waals surface area contributed by atoms with Crippen LogP contribution in [0.4, 0.5) is 5.00 Å². The number of rotatable bonds is 4. The van der Waals surface area contributed by atoms with Crippen molar-refractivity contribution in [2.45, 2.75) is 26.2 Å². The summed E-state index contributed by atoms with van der Waals surface area (Å²) in [7, 11) is 0. The third kappa shape index (κ3) is 3.54. The summed E-state index contributed by atoms with van der Waals surface area (Å²) in [6.07, 6.45) is 6.10. The zero-order valence-electron chi connectivity index (χ0n) is 12.8. The predicted molar refractivity (Wildman–Crippen MR) is 96.0 cm³/mol. The Kier molecular flexibility index (Phi) is 4.63. The summed E-state index contributed by atoms with van der Waals surface area (Å²) >= 11 is 3.04. The number of hydrogen-bond donors (Lipinski definition) is 2. The molecule has 120 valence electrons. The number of carbonyl (C=O) groups is 2. The van der Waals surface area contributed by atoms with Crippen LogP contribution < -0.4 is 11.1 Å². The molecular formula is C17H18N2O2S2. The first-order valence-electron chi connectivity index (χ1n) is 7.51. The van der Waals surface area contributed by atoms with E-state index in [0.717, 1.165) is 29.7 Å². The normalized spacial score (nSPS) is 17.2. The highest BCUT2D eigenvalue weighted by atomic mass is 32.1. The fraction of sp³-hybridized carbons (Fsp3) is 0.294. The number of hydrogen-bond acceptors (Lipinski definition) is 4. The molecule has 0 radical (unpaired) electrons. The van der Waals surface area contributed by atoms with Crippen LogP contribution in [-0.2, 0) is 17.6 Å². The van der Waals surface area contributed by atoms with Gasteiger partial charge in [-0.25, -0.2) is 0 Å². The molecule has 23 heavy (non-hydrogen) atoms. The number of nitrogens with two attached hydrogens (primary N) is 1. The van der Waals surface area contributed by atoms with Gasteiger partial charge in [-0.2, -0.15) is 0 Å². The standard InChI is InChI=1S/C17H18N2O2S2/c1-10-4-6-12-13(9-10)23-17(15(12)16(18)21)19-14(20)7-5-11-3-2-8-22-11/h2-3,5,7-8,10H,4,6,9H2,1H3,(H2,18,21)(H,19,20)/b7-5+/t10-/m0/s1. The van der Waals surface area contributed by atoms with Gasteiger partial charge in [0.2, 0.25) is 5.91 Å². The number of primary amides is 1. The third-order valence-corrected chi connectivity index (χ3v) is 5.94. The van der Waals surface area contributed by atoms with Gasteiger partial charge in [-0.05, 0) is 48.3 Å². The van der Waals surface area contributed by atoms with Gasteiger partial charge in [0, 0.05) is 15.8 Å². The smallest absolute Gasteiger partial charge is 0.251 e. The molecule has 1 aliphatic rings. The minimum absolute atomic E-state index is 0.243. The SMILES string of the molecule is C[C@H]1CCc2c(sc(NC(=O)/C=C/c3cccs3)c2C(N)=O)C1. The van der Waals surface area contributed by atoms with E-state index < -0.39 is 5.91 Å². The Labute approximate surface area is 143 Å². The number of thiophene rings is 2. The fourth-order valence-electron chi connectivity index (χ4n) is 2.80. The third-order valence-electron chi connectivity index (χ3n) is 3.94. The van der Waals surface area contributed by atoms with Gasteiger partial charge in [0.1, 0.15) is 5.00 Å². The lowest BCUT2D eigenvalue weighted by molar-refractivity contribution is -0.111. The minimum Gasteiger partial charge on any atom is -0.365 e. The molecule has 2 heterocycles. The lowest BCUT2D eigenvalue weighted by Gasteiger charge is -2.18. The summed E-state index contributed by atoms with van der Waals surface area (Å²) in [6, 6.07) is 3.87. The largest absolute Gasteiger partial charge is 0.365 e. The molecule has 0 bridgehead atoms. The van der Waals surface area contributed by atoms with Crippen molar-refractivity contribution < 1.29 is 9.59 Å². The highest BCUT2D eigenvalue weighted by molar-refractivity contribution is 7.17. The maximum Gasteiger partial charge on any atom is 0.251 e. The van der Waals surface area contributed by atoms with Gasteiger partial charge in [0.05, 0.1) is 5.56 Å². The van der Waals surface area contributed by atoms with Gasteiger partial charge in [-0.3, -0.25) is 9.59 Å². The van der Waals surface area contributed by atoms with Gasteiger partial charge in [-0.15, -0.1) is 22.7 Å². The summed E-state index contributed by atoms with van der Waals surface area (Å²) in [5.41, 5.74) is 7.07. The lowest BCUT2D eigenvalue weighted by Crippen LogP contribution is -2.18. The molecule has 0 unspecified atom stereocenters. The molecular weight excluding hydrogens is 328 g/mol. The van der Waals surface area contributed by atoms with E-state index >= 15 is 0 Å². The second kappa shape index (κ2) is 6.68.